The van der Waals surface area contributed by atoms with Crippen LogP contribution >= 0.6 is 0 Å². The number of hydrogen-bond donors (Lipinski definition) is 1. The number of alkyl halides is 3. The van der Waals surface area contributed by atoms with Gasteiger partial charge in [-0.3, -0.25) is 14.7 Å². The lowest BCUT2D eigenvalue weighted by Crippen LogP contribution is -2.49. The molecular weight excluding hydrogens is 458 g/mol. The summed E-state index contributed by atoms with van der Waals surface area (Å²) in [5.41, 5.74) is -0.363. The molecule has 8 nitrogen and oxygen atoms in total. The Morgan fingerprint density at radius 3 is 2.35 bits per heavy atom. The molecule has 1 saturated heterocycles. The number of nitrogens with one attached hydrogen (secondary N) is 1. The van der Waals surface area contributed by atoms with Crippen molar-refractivity contribution in [3.63, 3.8) is 0 Å². The van der Waals surface area contributed by atoms with Crippen molar-refractivity contribution < 1.29 is 31.9 Å². The third-order valence-electron chi connectivity index (χ3n) is 5.16. The molecule has 2 aromatic rings. The zero-order valence-electron chi connectivity index (χ0n) is 19.1. The predicted molar refractivity (Wildman–Crippen MR) is 113 cm³/mol. The van der Waals surface area contributed by atoms with E-state index >= 15 is 0 Å². The van der Waals surface area contributed by atoms with Gasteiger partial charge in [0.25, 0.3) is 0 Å². The SMILES string of the molecule is CC1CCC(C(=O)NCc2cc(-c3cnc(C(F)(F)F)nc3)ncc2F)N1C(=O)OC(C)(C)C. The number of rotatable bonds is 4. The number of carbonyl (C=O) groups is 2. The van der Waals surface area contributed by atoms with Crippen LogP contribution in [-0.4, -0.2) is 49.5 Å². The highest BCUT2D eigenvalue weighted by molar-refractivity contribution is 5.86. The molecule has 0 bridgehead atoms. The second kappa shape index (κ2) is 9.51. The number of pyridine rings is 1. The molecule has 3 rings (SSSR count). The van der Waals surface area contributed by atoms with Gasteiger partial charge in [-0.15, -0.1) is 0 Å². The highest BCUT2D eigenvalue weighted by atomic mass is 19.4. The van der Waals surface area contributed by atoms with Crippen molar-refractivity contribution in [2.24, 2.45) is 0 Å². The Kier molecular flexibility index (Phi) is 7.08. The third-order valence-corrected chi connectivity index (χ3v) is 5.16. The molecule has 2 atom stereocenters. The molecule has 34 heavy (non-hydrogen) atoms. The fraction of sp³-hybridized carbons (Fsp3) is 0.500. The van der Waals surface area contributed by atoms with E-state index in [-0.39, 0.29) is 29.4 Å². The van der Waals surface area contributed by atoms with Crippen molar-refractivity contribution >= 4 is 12.0 Å². The maximum atomic E-state index is 14.3. The minimum Gasteiger partial charge on any atom is -0.444 e. The van der Waals surface area contributed by atoms with Crippen LogP contribution in [0.1, 0.15) is 51.9 Å². The summed E-state index contributed by atoms with van der Waals surface area (Å²) in [6.07, 6.45) is -1.46. The smallest absolute Gasteiger partial charge is 0.444 e. The molecule has 184 valence electrons. The van der Waals surface area contributed by atoms with Crippen LogP contribution < -0.4 is 5.32 Å². The van der Waals surface area contributed by atoms with Crippen molar-refractivity contribution in [2.75, 3.05) is 0 Å². The van der Waals surface area contributed by atoms with E-state index in [0.717, 1.165) is 18.6 Å². The van der Waals surface area contributed by atoms with Crippen LogP contribution in [0.4, 0.5) is 22.4 Å². The maximum absolute atomic E-state index is 14.3. The monoisotopic (exact) mass is 483 g/mol. The molecule has 1 N–H and O–H groups in total. The Morgan fingerprint density at radius 2 is 1.76 bits per heavy atom. The molecular formula is C22H25F4N5O3. The fourth-order valence-corrected chi connectivity index (χ4v) is 3.54. The number of amides is 2. The van der Waals surface area contributed by atoms with E-state index < -0.39 is 41.5 Å². The minimum atomic E-state index is -4.69. The highest BCUT2D eigenvalue weighted by Crippen LogP contribution is 2.28. The summed E-state index contributed by atoms with van der Waals surface area (Å²) in [4.78, 5) is 37.2. The van der Waals surface area contributed by atoms with Gasteiger partial charge in [0.15, 0.2) is 0 Å². The molecule has 1 fully saturated rings. The molecule has 0 aliphatic carbocycles. The van der Waals surface area contributed by atoms with Crippen LogP contribution in [-0.2, 0) is 22.3 Å². The molecule has 3 heterocycles. The highest BCUT2D eigenvalue weighted by Gasteiger charge is 2.41. The number of ether oxygens (including phenoxy) is 1. The average molecular weight is 483 g/mol. The first-order valence-electron chi connectivity index (χ1n) is 10.6. The molecule has 0 aromatic carbocycles. The van der Waals surface area contributed by atoms with Gasteiger partial charge in [-0.05, 0) is 46.6 Å². The van der Waals surface area contributed by atoms with Crippen molar-refractivity contribution in [1.82, 2.24) is 25.2 Å². The van der Waals surface area contributed by atoms with E-state index in [0.29, 0.717) is 12.8 Å². The summed E-state index contributed by atoms with van der Waals surface area (Å²) in [7, 11) is 0. The predicted octanol–water partition coefficient (Wildman–Crippen LogP) is 4.10. The quantitative estimate of drug-likeness (QED) is 0.658. The minimum absolute atomic E-state index is 0.0631. The summed E-state index contributed by atoms with van der Waals surface area (Å²) in [6.45, 7) is 6.79. The Morgan fingerprint density at radius 1 is 1.12 bits per heavy atom. The van der Waals surface area contributed by atoms with Gasteiger partial charge in [-0.1, -0.05) is 0 Å². The average Bonchev–Trinajstić information content (AvgIpc) is 3.13. The Labute approximate surface area is 193 Å². The van der Waals surface area contributed by atoms with E-state index in [1.165, 1.54) is 11.0 Å². The zero-order valence-corrected chi connectivity index (χ0v) is 19.1. The standard InChI is InChI=1S/C22H25F4N5O3/c1-12-5-6-17(31(12)20(33)34-21(2,3)4)18(32)28-8-13-7-16(27-11-15(13)23)14-9-29-19(30-10-14)22(24,25)26/h7,9-12,17H,5-6,8H2,1-4H3,(H,28,32). The number of aromatic nitrogens is 3. The summed E-state index contributed by atoms with van der Waals surface area (Å²) in [6, 6.07) is 0.330. The van der Waals surface area contributed by atoms with Crippen molar-refractivity contribution in [3.05, 3.63) is 41.9 Å². The third kappa shape index (κ3) is 5.97. The van der Waals surface area contributed by atoms with Crippen LogP contribution in [0.15, 0.2) is 24.7 Å². The van der Waals surface area contributed by atoms with Crippen LogP contribution in [0.2, 0.25) is 0 Å². The van der Waals surface area contributed by atoms with Gasteiger partial charge in [0.2, 0.25) is 11.7 Å². The number of nitrogens with zero attached hydrogens (tertiary/aromatic N) is 4. The van der Waals surface area contributed by atoms with Crippen LogP contribution in [0.5, 0.6) is 0 Å². The summed E-state index contributed by atoms with van der Waals surface area (Å²) in [5.74, 6) is -2.47. The topological polar surface area (TPSA) is 97.3 Å². The Balaban J connectivity index is 1.71. The van der Waals surface area contributed by atoms with Gasteiger partial charge in [0, 0.05) is 36.1 Å². The molecule has 0 spiro atoms. The van der Waals surface area contributed by atoms with Crippen molar-refractivity contribution in [1.29, 1.82) is 0 Å². The molecule has 2 amide bonds. The lowest BCUT2D eigenvalue weighted by Gasteiger charge is -2.30. The Hall–Kier alpha value is -3.31. The molecule has 2 aromatic heterocycles. The maximum Gasteiger partial charge on any atom is 0.451 e. The first kappa shape index (κ1) is 25.3. The van der Waals surface area contributed by atoms with Gasteiger partial charge < -0.3 is 10.1 Å². The van der Waals surface area contributed by atoms with E-state index in [4.69, 9.17) is 4.74 Å². The van der Waals surface area contributed by atoms with Crippen LogP contribution in [0, 0.1) is 5.82 Å². The van der Waals surface area contributed by atoms with E-state index in [9.17, 15) is 27.2 Å². The molecule has 0 radical (unpaired) electrons. The molecule has 2 unspecified atom stereocenters. The largest absolute Gasteiger partial charge is 0.451 e. The lowest BCUT2D eigenvalue weighted by atomic mass is 10.1. The summed E-state index contributed by atoms with van der Waals surface area (Å²) >= 11 is 0. The first-order chi connectivity index (χ1) is 15.8. The molecule has 12 heteroatoms. The van der Waals surface area contributed by atoms with Gasteiger partial charge in [-0.25, -0.2) is 19.2 Å². The van der Waals surface area contributed by atoms with Gasteiger partial charge in [-0.2, -0.15) is 13.2 Å². The second-order valence-corrected chi connectivity index (χ2v) is 9.00. The summed E-state index contributed by atoms with van der Waals surface area (Å²) < 4.78 is 57.7. The van der Waals surface area contributed by atoms with Crippen LogP contribution in [0.25, 0.3) is 11.3 Å². The van der Waals surface area contributed by atoms with E-state index in [1.54, 1.807) is 20.8 Å². The fourth-order valence-electron chi connectivity index (χ4n) is 3.54. The lowest BCUT2D eigenvalue weighted by molar-refractivity contribution is -0.145. The van der Waals surface area contributed by atoms with Gasteiger partial charge in [0.1, 0.15) is 17.5 Å². The van der Waals surface area contributed by atoms with Crippen LogP contribution in [0.3, 0.4) is 0 Å². The normalized spacial score (nSPS) is 18.6. The van der Waals surface area contributed by atoms with Crippen molar-refractivity contribution in [3.8, 4) is 11.3 Å². The van der Waals surface area contributed by atoms with Crippen molar-refractivity contribution in [2.45, 2.75) is 70.9 Å². The second-order valence-electron chi connectivity index (χ2n) is 9.00. The van der Waals surface area contributed by atoms with Gasteiger partial charge in [0.05, 0.1) is 11.9 Å². The Bertz CT molecular complexity index is 1050. The first-order valence-corrected chi connectivity index (χ1v) is 10.6. The zero-order chi connectivity index (χ0) is 25.3. The van der Waals surface area contributed by atoms with E-state index in [1.807, 2.05) is 6.92 Å². The van der Waals surface area contributed by atoms with Gasteiger partial charge >= 0.3 is 12.3 Å². The molecule has 0 saturated carbocycles. The number of hydrogen-bond acceptors (Lipinski definition) is 6. The summed E-state index contributed by atoms with van der Waals surface area (Å²) in [5, 5.41) is 2.62. The molecule has 1 aliphatic rings. The molecule has 1 aliphatic heterocycles. The number of halogens is 4. The number of carbonyl (C=O) groups excluding carboxylic acids is 2. The van der Waals surface area contributed by atoms with E-state index in [2.05, 4.69) is 20.3 Å². The number of likely N-dealkylation sites (tertiary alicyclic amines) is 1.